The minimum absolute atomic E-state index is 0.158. The summed E-state index contributed by atoms with van der Waals surface area (Å²) in [5, 5.41) is -0.333. The summed E-state index contributed by atoms with van der Waals surface area (Å²) >= 11 is -2.91. The Morgan fingerprint density at radius 1 is 0.955 bits per heavy atom. The molecule has 0 saturated carbocycles. The largest absolute Gasteiger partial charge is 0.744 e. The third-order valence-electron chi connectivity index (χ3n) is 2.58. The predicted molar refractivity (Wildman–Crippen MR) is 69.4 cm³/mol. The van der Waals surface area contributed by atoms with Crippen molar-refractivity contribution in [2.75, 3.05) is 0 Å². The number of hydrogen-bond donors (Lipinski definition) is 0. The highest BCUT2D eigenvalue weighted by molar-refractivity contribution is 7.86. The molecule has 12 heteroatoms. The van der Waals surface area contributed by atoms with Crippen LogP contribution in [0.15, 0.2) is 40.1 Å². The van der Waals surface area contributed by atoms with Crippen LogP contribution in [0.1, 0.15) is 0 Å². The molecule has 0 bridgehead atoms. The zero-order valence-electron chi connectivity index (χ0n) is 10.3. The lowest BCUT2D eigenvalue weighted by atomic mass is 10.1. The van der Waals surface area contributed by atoms with Gasteiger partial charge in [0.1, 0.15) is 37.3 Å². The number of fused-ring (bicyclic) bond motifs is 1. The lowest BCUT2D eigenvalue weighted by molar-refractivity contribution is 0.440. The van der Waals surface area contributed by atoms with Gasteiger partial charge < -0.3 is 17.8 Å². The van der Waals surface area contributed by atoms with Crippen LogP contribution in [0.4, 0.5) is 0 Å². The topological polar surface area (TPSA) is 164 Å². The first-order valence-corrected chi connectivity index (χ1v) is 9.07. The molecule has 0 amide bonds. The Bertz CT molecular complexity index is 976. The Kier molecular flexibility index (Phi) is 4.25. The first-order chi connectivity index (χ1) is 9.98. The second-order valence-electron chi connectivity index (χ2n) is 4.00. The van der Waals surface area contributed by atoms with Gasteiger partial charge in [0.15, 0.2) is 0 Å². The van der Waals surface area contributed by atoms with Gasteiger partial charge in [0.05, 0.1) is 9.79 Å². The summed E-state index contributed by atoms with van der Waals surface area (Å²) in [5.41, 5.74) is 0. The van der Waals surface area contributed by atoms with Crippen molar-refractivity contribution in [3.8, 4) is 5.75 Å². The molecule has 0 aliphatic heterocycles. The molecule has 2 aromatic rings. The minimum Gasteiger partial charge on any atom is -0.744 e. The summed E-state index contributed by atoms with van der Waals surface area (Å²) in [6, 6.07) is 4.38. The lowest BCUT2D eigenvalue weighted by Gasteiger charge is -2.16. The zero-order chi connectivity index (χ0) is 16.7. The second kappa shape index (κ2) is 5.57. The van der Waals surface area contributed by atoms with Crippen LogP contribution in [0, 0.1) is 0 Å². The summed E-state index contributed by atoms with van der Waals surface area (Å²) in [6.07, 6.45) is 0. The molecule has 120 valence electrons. The van der Waals surface area contributed by atoms with E-state index in [1.54, 1.807) is 0 Å². The fourth-order valence-corrected chi connectivity index (χ4v) is 3.36. The predicted octanol–water partition coefficient (Wildman–Crippen LogP) is -0.179. The van der Waals surface area contributed by atoms with Crippen LogP contribution >= 0.6 is 0 Å². The number of rotatable bonds is 4. The maximum Gasteiger partial charge on any atom is 0.139 e. The molecule has 0 heterocycles. The van der Waals surface area contributed by atoms with Crippen LogP contribution in [0.5, 0.6) is 5.75 Å². The molecule has 0 aliphatic carbocycles. The van der Waals surface area contributed by atoms with E-state index in [0.717, 1.165) is 24.3 Å². The molecule has 0 saturated heterocycles. The Morgan fingerprint density at radius 2 is 1.59 bits per heavy atom. The van der Waals surface area contributed by atoms with Crippen molar-refractivity contribution in [1.29, 1.82) is 0 Å². The van der Waals surface area contributed by atoms with Crippen LogP contribution in [-0.2, 0) is 31.6 Å². The monoisotopic (exact) mass is 365 g/mol. The van der Waals surface area contributed by atoms with Gasteiger partial charge in [-0.25, -0.2) is 21.0 Å². The van der Waals surface area contributed by atoms with Crippen molar-refractivity contribution in [3.63, 3.8) is 0 Å². The third-order valence-corrected chi connectivity index (χ3v) is 4.60. The quantitative estimate of drug-likeness (QED) is 0.528. The van der Waals surface area contributed by atoms with E-state index in [4.69, 9.17) is 0 Å². The van der Waals surface area contributed by atoms with Gasteiger partial charge in [-0.1, -0.05) is 0 Å². The van der Waals surface area contributed by atoms with Gasteiger partial charge in [-0.3, -0.25) is 0 Å². The van der Waals surface area contributed by atoms with E-state index in [9.17, 15) is 34.7 Å². The molecule has 1 atom stereocenters. The molecule has 0 spiro atoms. The minimum atomic E-state index is -5.06. The van der Waals surface area contributed by atoms with Crippen molar-refractivity contribution in [1.82, 2.24) is 0 Å². The maximum absolute atomic E-state index is 11.2. The van der Waals surface area contributed by atoms with Crippen LogP contribution in [0.25, 0.3) is 10.8 Å². The zero-order valence-corrected chi connectivity index (χ0v) is 12.7. The summed E-state index contributed by atoms with van der Waals surface area (Å²) < 4.78 is 91.9. The van der Waals surface area contributed by atoms with Crippen molar-refractivity contribution in [2.45, 2.75) is 9.79 Å². The number of hydrogen-bond acceptors (Lipinski definition) is 9. The van der Waals surface area contributed by atoms with Crippen LogP contribution < -0.4 is 4.18 Å². The second-order valence-corrected chi connectivity index (χ2v) is 7.30. The van der Waals surface area contributed by atoms with Gasteiger partial charge in [-0.15, -0.1) is 0 Å². The molecule has 1 unspecified atom stereocenters. The maximum atomic E-state index is 11.2. The SMILES string of the molecule is O=S([O-])Oc1ccc2c(S(=O)(=O)[O-])cc(S(=O)(=O)[O-])cc2c1. The van der Waals surface area contributed by atoms with Crippen molar-refractivity contribution in [3.05, 3.63) is 30.3 Å². The van der Waals surface area contributed by atoms with Crippen molar-refractivity contribution < 1.29 is 38.9 Å². The fourth-order valence-electron chi connectivity index (χ4n) is 1.77. The Labute approximate surface area is 127 Å². The van der Waals surface area contributed by atoms with E-state index in [-0.39, 0.29) is 16.5 Å². The van der Waals surface area contributed by atoms with Gasteiger partial charge in [0.2, 0.25) is 0 Å². The van der Waals surface area contributed by atoms with Gasteiger partial charge >= 0.3 is 0 Å². The van der Waals surface area contributed by atoms with Crippen LogP contribution in [-0.4, -0.2) is 34.7 Å². The molecule has 0 aliphatic rings. The molecule has 9 nitrogen and oxygen atoms in total. The molecule has 2 rings (SSSR count). The Balaban J connectivity index is 2.86. The third kappa shape index (κ3) is 3.60. The van der Waals surface area contributed by atoms with Gasteiger partial charge in [-0.2, -0.15) is 0 Å². The standard InChI is InChI=1S/C10H8O9S3/c11-20(12)19-7-1-2-9-6(3-7)4-8(21(13,14)15)5-10(9)22(16,17)18/h1-5H,(H,11,12)(H,13,14,15)(H,16,17,18)/p-3. The molecular formula is C10H5O9S3-3. The van der Waals surface area contributed by atoms with Crippen molar-refractivity contribution >= 4 is 42.4 Å². The van der Waals surface area contributed by atoms with Gasteiger partial charge in [0.25, 0.3) is 0 Å². The van der Waals surface area contributed by atoms with E-state index >= 15 is 0 Å². The summed E-state index contributed by atoms with van der Waals surface area (Å²) in [6.45, 7) is 0. The van der Waals surface area contributed by atoms with Crippen molar-refractivity contribution in [2.24, 2.45) is 0 Å². The Morgan fingerprint density at radius 3 is 2.09 bits per heavy atom. The van der Waals surface area contributed by atoms with Crippen LogP contribution in [0.3, 0.4) is 0 Å². The summed E-state index contributed by atoms with van der Waals surface area (Å²) in [7, 11) is -10.1. The van der Waals surface area contributed by atoms with E-state index in [2.05, 4.69) is 4.18 Å². The molecule has 0 aromatic heterocycles. The van der Waals surface area contributed by atoms with E-state index in [1.165, 1.54) is 0 Å². The molecular weight excluding hydrogens is 360 g/mol. The smallest absolute Gasteiger partial charge is 0.139 e. The molecule has 0 radical (unpaired) electrons. The van der Waals surface area contributed by atoms with Gasteiger partial charge in [0, 0.05) is 0 Å². The molecule has 0 fully saturated rings. The molecule has 0 N–H and O–H groups in total. The van der Waals surface area contributed by atoms with Crippen LogP contribution in [0.2, 0.25) is 0 Å². The lowest BCUT2D eigenvalue weighted by Crippen LogP contribution is -2.05. The highest BCUT2D eigenvalue weighted by atomic mass is 32.2. The summed E-state index contributed by atoms with van der Waals surface area (Å²) in [5.74, 6) is -0.254. The Hall–Kier alpha value is -1.57. The number of benzene rings is 2. The average molecular weight is 365 g/mol. The van der Waals surface area contributed by atoms with E-state index in [1.807, 2.05) is 0 Å². The normalized spacial score (nSPS) is 14.0. The van der Waals surface area contributed by atoms with E-state index in [0.29, 0.717) is 6.07 Å². The molecule has 22 heavy (non-hydrogen) atoms. The summed E-state index contributed by atoms with van der Waals surface area (Å²) in [4.78, 5) is -1.84. The van der Waals surface area contributed by atoms with E-state index < -0.39 is 41.4 Å². The highest BCUT2D eigenvalue weighted by Crippen LogP contribution is 2.30. The highest BCUT2D eigenvalue weighted by Gasteiger charge is 2.13. The van der Waals surface area contributed by atoms with Gasteiger partial charge in [-0.05, 0) is 41.1 Å². The average Bonchev–Trinajstić information content (AvgIpc) is 2.34. The molecule has 2 aromatic carbocycles. The first-order valence-electron chi connectivity index (χ1n) is 5.26. The fraction of sp³-hybridized carbons (Fsp3) is 0. The first kappa shape index (κ1) is 16.8.